The van der Waals surface area contributed by atoms with Crippen LogP contribution in [0.25, 0.3) is 10.9 Å². The molecule has 2 saturated heterocycles. The maximum Gasteiger partial charge on any atom is 0.253 e. The number of aromatic nitrogens is 2. The van der Waals surface area contributed by atoms with Crippen molar-refractivity contribution in [2.24, 2.45) is 0 Å². The number of aliphatic hydroxyl groups is 1. The van der Waals surface area contributed by atoms with Crippen molar-refractivity contribution in [1.82, 2.24) is 19.8 Å². The van der Waals surface area contributed by atoms with Gasteiger partial charge >= 0.3 is 0 Å². The molecule has 2 amide bonds. The number of likely N-dealkylation sites (tertiary alicyclic amines) is 1. The highest BCUT2D eigenvalue weighted by Crippen LogP contribution is 2.32. The zero-order chi connectivity index (χ0) is 26.7. The third-order valence-corrected chi connectivity index (χ3v) is 7.53. The first-order valence-electron chi connectivity index (χ1n) is 13.3. The van der Waals surface area contributed by atoms with Crippen LogP contribution < -0.4 is 9.64 Å². The number of benzene rings is 1. The van der Waals surface area contributed by atoms with E-state index < -0.39 is 5.60 Å². The Hall–Kier alpha value is -3.72. The van der Waals surface area contributed by atoms with Gasteiger partial charge in [0.25, 0.3) is 5.91 Å². The quantitative estimate of drug-likeness (QED) is 0.490. The van der Waals surface area contributed by atoms with Crippen molar-refractivity contribution in [3.8, 4) is 5.75 Å². The van der Waals surface area contributed by atoms with Gasteiger partial charge in [0, 0.05) is 74.4 Å². The average Bonchev–Trinajstić information content (AvgIpc) is 3.33. The summed E-state index contributed by atoms with van der Waals surface area (Å²) in [6.07, 6.45) is 6.24. The van der Waals surface area contributed by atoms with Crippen LogP contribution in [0.15, 0.2) is 48.8 Å². The lowest BCUT2D eigenvalue weighted by molar-refractivity contribution is -0.128. The van der Waals surface area contributed by atoms with E-state index in [-0.39, 0.29) is 18.4 Å². The Balaban J connectivity index is 1.14. The minimum Gasteiger partial charge on any atom is -0.492 e. The Morgan fingerprint density at radius 1 is 1.16 bits per heavy atom. The summed E-state index contributed by atoms with van der Waals surface area (Å²) in [4.78, 5) is 39.3. The van der Waals surface area contributed by atoms with Gasteiger partial charge in [-0.15, -0.1) is 0 Å². The summed E-state index contributed by atoms with van der Waals surface area (Å²) in [6, 6.07) is 11.0. The molecule has 2 fully saturated rings. The molecule has 0 atom stereocenters. The minimum absolute atomic E-state index is 0.142. The van der Waals surface area contributed by atoms with Crippen molar-refractivity contribution in [1.29, 1.82) is 0 Å². The molecule has 9 heteroatoms. The fourth-order valence-corrected chi connectivity index (χ4v) is 5.40. The van der Waals surface area contributed by atoms with Crippen LogP contribution in [-0.2, 0) is 4.79 Å². The van der Waals surface area contributed by atoms with E-state index in [1.54, 1.807) is 42.4 Å². The first-order valence-corrected chi connectivity index (χ1v) is 13.3. The van der Waals surface area contributed by atoms with Crippen LogP contribution in [0.1, 0.15) is 41.7 Å². The maximum absolute atomic E-state index is 13.1. The summed E-state index contributed by atoms with van der Waals surface area (Å²) in [5.41, 5.74) is 2.54. The van der Waals surface area contributed by atoms with Gasteiger partial charge in [-0.2, -0.15) is 0 Å². The van der Waals surface area contributed by atoms with Gasteiger partial charge in [0.15, 0.2) is 0 Å². The third kappa shape index (κ3) is 5.72. The zero-order valence-electron chi connectivity index (χ0n) is 22.1. The number of likely N-dealkylation sites (N-methyl/N-ethyl adjacent to an activating group) is 1. The van der Waals surface area contributed by atoms with Crippen LogP contribution in [0, 0.1) is 6.92 Å². The second-order valence-electron chi connectivity index (χ2n) is 10.4. The summed E-state index contributed by atoms with van der Waals surface area (Å²) in [7, 11) is 1.73. The average molecular weight is 518 g/mol. The number of aryl methyl sites for hydroxylation is 1. The van der Waals surface area contributed by atoms with Crippen LogP contribution >= 0.6 is 0 Å². The summed E-state index contributed by atoms with van der Waals surface area (Å²) < 4.78 is 5.76. The largest absolute Gasteiger partial charge is 0.492 e. The first kappa shape index (κ1) is 25.9. The molecule has 0 saturated carbocycles. The van der Waals surface area contributed by atoms with Crippen LogP contribution in [0.3, 0.4) is 0 Å². The Morgan fingerprint density at radius 2 is 1.92 bits per heavy atom. The number of hydrogen-bond donors (Lipinski definition) is 1. The number of pyridine rings is 2. The highest BCUT2D eigenvalue weighted by molar-refractivity contribution is 5.94. The second-order valence-corrected chi connectivity index (χ2v) is 10.4. The van der Waals surface area contributed by atoms with Crippen LogP contribution in [0.2, 0.25) is 0 Å². The molecule has 0 radical (unpaired) electrons. The number of anilines is 1. The number of fused-ring (bicyclic) bond motifs is 1. The molecule has 1 aromatic carbocycles. The van der Waals surface area contributed by atoms with E-state index in [0.29, 0.717) is 56.8 Å². The minimum atomic E-state index is -0.951. The number of piperidine rings is 1. The first-order chi connectivity index (χ1) is 18.3. The van der Waals surface area contributed by atoms with E-state index in [1.807, 2.05) is 24.1 Å². The van der Waals surface area contributed by atoms with Gasteiger partial charge in [0.2, 0.25) is 5.91 Å². The van der Waals surface area contributed by atoms with Crippen LogP contribution in [0.5, 0.6) is 5.75 Å². The zero-order valence-corrected chi connectivity index (χ0v) is 22.1. The highest BCUT2D eigenvalue weighted by atomic mass is 16.5. The van der Waals surface area contributed by atoms with Gasteiger partial charge in [-0.1, -0.05) is 0 Å². The molecule has 4 heterocycles. The topological polar surface area (TPSA) is 99.1 Å². The Kier molecular flexibility index (Phi) is 7.46. The smallest absolute Gasteiger partial charge is 0.253 e. The molecule has 9 nitrogen and oxygen atoms in total. The van der Waals surface area contributed by atoms with E-state index in [0.717, 1.165) is 35.2 Å². The molecule has 3 aromatic rings. The Bertz CT molecular complexity index is 1300. The number of hydrogen-bond acceptors (Lipinski definition) is 7. The van der Waals surface area contributed by atoms with E-state index in [9.17, 15) is 14.7 Å². The molecule has 38 heavy (non-hydrogen) atoms. The predicted octanol–water partition coefficient (Wildman–Crippen LogP) is 3.04. The van der Waals surface area contributed by atoms with Crippen LogP contribution in [0.4, 0.5) is 5.69 Å². The Morgan fingerprint density at radius 3 is 2.63 bits per heavy atom. The van der Waals surface area contributed by atoms with Gasteiger partial charge in [0.05, 0.1) is 17.7 Å². The molecule has 2 aromatic heterocycles. The molecular formula is C29H35N5O4. The standard InChI is InChI=1S/C29H35N5O4/c1-21-18-26(24-19-30-12-9-25(24)31-21)33-14-10-29(37,11-15-33)20-32(2)28(36)22-5-7-23(8-6-22)38-17-16-34-13-3-4-27(34)35/h5-9,12,18-19,37H,3-4,10-11,13-17,20H2,1-2H3. The molecule has 5 rings (SSSR count). The fourth-order valence-electron chi connectivity index (χ4n) is 5.40. The van der Waals surface area contributed by atoms with Crippen LogP contribution in [-0.4, -0.2) is 88.7 Å². The monoisotopic (exact) mass is 517 g/mol. The predicted molar refractivity (Wildman–Crippen MR) is 145 cm³/mol. The molecule has 2 aliphatic heterocycles. The summed E-state index contributed by atoms with van der Waals surface area (Å²) >= 11 is 0. The summed E-state index contributed by atoms with van der Waals surface area (Å²) in [6.45, 7) is 5.41. The Labute approximate surface area is 223 Å². The summed E-state index contributed by atoms with van der Waals surface area (Å²) in [5, 5.41) is 12.3. The second kappa shape index (κ2) is 10.9. The van der Waals surface area contributed by atoms with E-state index >= 15 is 0 Å². The van der Waals surface area contributed by atoms with Crippen molar-refractivity contribution in [3.05, 3.63) is 60.0 Å². The number of carbonyl (C=O) groups is 2. The van der Waals surface area contributed by atoms with E-state index in [4.69, 9.17) is 4.74 Å². The molecular weight excluding hydrogens is 482 g/mol. The molecule has 200 valence electrons. The highest BCUT2D eigenvalue weighted by Gasteiger charge is 2.35. The number of nitrogens with zero attached hydrogens (tertiary/aromatic N) is 5. The van der Waals surface area contributed by atoms with Crippen molar-refractivity contribution in [2.45, 2.75) is 38.2 Å². The van der Waals surface area contributed by atoms with Crippen molar-refractivity contribution in [3.63, 3.8) is 0 Å². The molecule has 0 aliphatic carbocycles. The van der Waals surface area contributed by atoms with Gasteiger partial charge in [-0.05, 0) is 62.6 Å². The molecule has 2 aliphatic rings. The van der Waals surface area contributed by atoms with Crippen molar-refractivity contribution < 1.29 is 19.4 Å². The third-order valence-electron chi connectivity index (χ3n) is 7.53. The lowest BCUT2D eigenvalue weighted by Crippen LogP contribution is -2.51. The van der Waals surface area contributed by atoms with Gasteiger partial charge in [-0.25, -0.2) is 0 Å². The van der Waals surface area contributed by atoms with Crippen molar-refractivity contribution >= 4 is 28.4 Å². The number of carbonyl (C=O) groups excluding carboxylic acids is 2. The van der Waals surface area contributed by atoms with Gasteiger partial charge in [-0.3, -0.25) is 19.6 Å². The molecule has 0 bridgehead atoms. The molecule has 0 spiro atoms. The molecule has 0 unspecified atom stereocenters. The lowest BCUT2D eigenvalue weighted by atomic mass is 9.90. The van der Waals surface area contributed by atoms with Crippen molar-refractivity contribution in [2.75, 3.05) is 51.3 Å². The van der Waals surface area contributed by atoms with Gasteiger partial charge < -0.3 is 24.5 Å². The van der Waals surface area contributed by atoms with Gasteiger partial charge in [0.1, 0.15) is 12.4 Å². The SMILES string of the molecule is Cc1cc(N2CCC(O)(CN(C)C(=O)c3ccc(OCCN4CCCC4=O)cc3)CC2)c2cnccc2n1. The van der Waals surface area contributed by atoms with E-state index in [1.165, 1.54) is 0 Å². The maximum atomic E-state index is 13.1. The van der Waals surface area contributed by atoms with E-state index in [2.05, 4.69) is 20.9 Å². The fraction of sp³-hybridized carbons (Fsp3) is 0.448. The number of rotatable bonds is 8. The summed E-state index contributed by atoms with van der Waals surface area (Å²) in [5.74, 6) is 0.705. The lowest BCUT2D eigenvalue weighted by Gasteiger charge is -2.41. The number of ether oxygens (including phenoxy) is 1. The number of amides is 2. The molecule has 1 N–H and O–H groups in total. The normalized spacial score (nSPS) is 17.2.